The van der Waals surface area contributed by atoms with Crippen LogP contribution in [0.3, 0.4) is 0 Å². The number of rotatable bonds is 4. The second-order valence-corrected chi connectivity index (χ2v) is 10.8. The SMILES string of the molecule is CC(C)(Oc1ccc([C@@H]2CC2(Cl)Cl)cc1)C(=O)N1CC[C@@]2(O)CCCC[C@@H]2C1. The van der Waals surface area contributed by atoms with Gasteiger partial charge in [-0.1, -0.05) is 25.0 Å². The van der Waals surface area contributed by atoms with Gasteiger partial charge >= 0.3 is 0 Å². The first-order valence-electron chi connectivity index (χ1n) is 10.3. The number of benzene rings is 1. The van der Waals surface area contributed by atoms with Gasteiger partial charge in [-0.2, -0.15) is 0 Å². The van der Waals surface area contributed by atoms with E-state index in [1.54, 1.807) is 0 Å². The number of hydrogen-bond donors (Lipinski definition) is 1. The van der Waals surface area contributed by atoms with Crippen LogP contribution >= 0.6 is 23.2 Å². The molecule has 6 heteroatoms. The summed E-state index contributed by atoms with van der Waals surface area (Å²) < 4.78 is 5.42. The molecule has 1 heterocycles. The van der Waals surface area contributed by atoms with Crippen LogP contribution in [-0.2, 0) is 4.79 Å². The molecule has 0 radical (unpaired) electrons. The van der Waals surface area contributed by atoms with Gasteiger partial charge in [0.1, 0.15) is 10.1 Å². The summed E-state index contributed by atoms with van der Waals surface area (Å²) in [6.45, 7) is 4.84. The van der Waals surface area contributed by atoms with E-state index in [-0.39, 0.29) is 17.7 Å². The zero-order chi connectivity index (χ0) is 20.2. The topological polar surface area (TPSA) is 49.8 Å². The lowest BCUT2D eigenvalue weighted by Crippen LogP contribution is -2.58. The molecule has 1 aromatic rings. The van der Waals surface area contributed by atoms with E-state index in [1.807, 2.05) is 43.0 Å². The van der Waals surface area contributed by atoms with E-state index >= 15 is 0 Å². The van der Waals surface area contributed by atoms with Crippen molar-refractivity contribution in [2.45, 2.75) is 73.8 Å². The average Bonchev–Trinajstić information content (AvgIpc) is 3.29. The number of halogens is 2. The molecule has 0 unspecified atom stereocenters. The Labute approximate surface area is 177 Å². The van der Waals surface area contributed by atoms with Crippen molar-refractivity contribution in [3.63, 3.8) is 0 Å². The highest BCUT2D eigenvalue weighted by atomic mass is 35.5. The number of amides is 1. The standard InChI is InChI=1S/C22H29Cl2NO3/c1-20(2,28-17-8-6-15(7-9-17)18-13-22(18,23)24)19(26)25-12-11-21(27)10-4-3-5-16(21)14-25/h6-9,16,18,27H,3-5,10-14H2,1-2H3/t16-,18+,21+/m1/s1. The first-order chi connectivity index (χ1) is 13.1. The maximum atomic E-state index is 13.2. The third-order valence-corrected chi connectivity index (χ3v) is 7.55. The predicted molar refractivity (Wildman–Crippen MR) is 111 cm³/mol. The van der Waals surface area contributed by atoms with Crippen LogP contribution in [0.1, 0.15) is 63.9 Å². The number of nitrogens with zero attached hydrogens (tertiary/aromatic N) is 1. The lowest BCUT2D eigenvalue weighted by atomic mass is 9.71. The Kier molecular flexibility index (Phi) is 5.13. The van der Waals surface area contributed by atoms with Crippen molar-refractivity contribution in [1.29, 1.82) is 0 Å². The quantitative estimate of drug-likeness (QED) is 0.713. The van der Waals surface area contributed by atoms with Gasteiger partial charge < -0.3 is 14.7 Å². The fraction of sp³-hybridized carbons (Fsp3) is 0.682. The van der Waals surface area contributed by atoms with Crippen LogP contribution in [0.15, 0.2) is 24.3 Å². The summed E-state index contributed by atoms with van der Waals surface area (Å²) in [7, 11) is 0. The third-order valence-electron chi connectivity index (χ3n) is 6.71. The lowest BCUT2D eigenvalue weighted by molar-refractivity contribution is -0.156. The Morgan fingerprint density at radius 1 is 1.21 bits per heavy atom. The van der Waals surface area contributed by atoms with E-state index in [9.17, 15) is 9.90 Å². The fourth-order valence-corrected chi connectivity index (χ4v) is 5.38. The number of piperidine rings is 1. The highest BCUT2D eigenvalue weighted by Gasteiger charge is 2.52. The van der Waals surface area contributed by atoms with Crippen LogP contribution in [-0.4, -0.2) is 44.5 Å². The molecule has 1 N–H and O–H groups in total. The Balaban J connectivity index is 1.39. The zero-order valence-electron chi connectivity index (χ0n) is 16.6. The van der Waals surface area contributed by atoms with Crippen LogP contribution in [0.5, 0.6) is 5.75 Å². The summed E-state index contributed by atoms with van der Waals surface area (Å²) in [5.41, 5.74) is -0.457. The molecule has 4 nitrogen and oxygen atoms in total. The molecule has 28 heavy (non-hydrogen) atoms. The van der Waals surface area contributed by atoms with Crippen molar-refractivity contribution >= 4 is 29.1 Å². The van der Waals surface area contributed by atoms with Crippen molar-refractivity contribution in [3.8, 4) is 5.75 Å². The minimum Gasteiger partial charge on any atom is -0.478 e. The normalized spacial score (nSPS) is 31.8. The summed E-state index contributed by atoms with van der Waals surface area (Å²) in [5.74, 6) is 0.983. The zero-order valence-corrected chi connectivity index (χ0v) is 18.1. The van der Waals surface area contributed by atoms with Gasteiger partial charge in [0.05, 0.1) is 5.60 Å². The van der Waals surface area contributed by atoms with Gasteiger partial charge in [-0.25, -0.2) is 0 Å². The summed E-state index contributed by atoms with van der Waals surface area (Å²) in [6, 6.07) is 7.69. The van der Waals surface area contributed by atoms with Gasteiger partial charge in [0, 0.05) is 24.9 Å². The van der Waals surface area contributed by atoms with E-state index in [4.69, 9.17) is 27.9 Å². The van der Waals surface area contributed by atoms with E-state index in [2.05, 4.69) is 0 Å². The molecule has 2 aliphatic carbocycles. The summed E-state index contributed by atoms with van der Waals surface area (Å²) in [4.78, 5) is 15.0. The maximum absolute atomic E-state index is 13.2. The minimum absolute atomic E-state index is 0.0214. The Hall–Kier alpha value is -0.970. The number of alkyl halides is 2. The molecule has 1 amide bonds. The minimum atomic E-state index is -0.964. The van der Waals surface area contributed by atoms with Gasteiger partial charge in [-0.15, -0.1) is 23.2 Å². The third kappa shape index (κ3) is 3.88. The predicted octanol–water partition coefficient (Wildman–Crippen LogP) is 4.66. The maximum Gasteiger partial charge on any atom is 0.266 e. The molecule has 3 aliphatic rings. The van der Waals surface area contributed by atoms with Crippen LogP contribution in [0.25, 0.3) is 0 Å². The van der Waals surface area contributed by atoms with Crippen molar-refractivity contribution in [2.75, 3.05) is 13.1 Å². The molecule has 1 saturated heterocycles. The highest BCUT2D eigenvalue weighted by molar-refractivity contribution is 6.51. The van der Waals surface area contributed by atoms with Crippen LogP contribution in [0, 0.1) is 5.92 Å². The molecule has 4 rings (SSSR count). The number of hydrogen-bond acceptors (Lipinski definition) is 3. The largest absolute Gasteiger partial charge is 0.478 e. The summed E-state index contributed by atoms with van der Waals surface area (Å²) in [6.07, 6.45) is 5.50. The molecular weight excluding hydrogens is 397 g/mol. The Morgan fingerprint density at radius 3 is 2.54 bits per heavy atom. The van der Waals surface area contributed by atoms with Gasteiger partial charge in [0.2, 0.25) is 0 Å². The van der Waals surface area contributed by atoms with Gasteiger partial charge in [-0.05, 0) is 57.2 Å². The van der Waals surface area contributed by atoms with Gasteiger partial charge in [0.25, 0.3) is 5.91 Å². The number of carbonyl (C=O) groups is 1. The summed E-state index contributed by atoms with van der Waals surface area (Å²) >= 11 is 12.3. The van der Waals surface area contributed by atoms with Crippen LogP contribution < -0.4 is 4.74 Å². The van der Waals surface area contributed by atoms with Crippen molar-refractivity contribution in [3.05, 3.63) is 29.8 Å². The lowest BCUT2D eigenvalue weighted by Gasteiger charge is -2.48. The molecule has 0 spiro atoms. The molecular formula is C22H29Cl2NO3. The first kappa shape index (κ1) is 20.3. The van der Waals surface area contributed by atoms with Crippen molar-refractivity contribution in [1.82, 2.24) is 4.90 Å². The monoisotopic (exact) mass is 425 g/mol. The second-order valence-electron chi connectivity index (χ2n) is 9.25. The molecule has 1 aliphatic heterocycles. The first-order valence-corrected chi connectivity index (χ1v) is 11.0. The molecule has 0 bridgehead atoms. The molecule has 2 saturated carbocycles. The molecule has 3 atom stereocenters. The van der Waals surface area contributed by atoms with Crippen LogP contribution in [0.4, 0.5) is 0 Å². The molecule has 1 aromatic carbocycles. The van der Waals surface area contributed by atoms with Gasteiger partial charge in [0.15, 0.2) is 5.60 Å². The number of likely N-dealkylation sites (tertiary alicyclic amines) is 1. The Morgan fingerprint density at radius 2 is 1.89 bits per heavy atom. The fourth-order valence-electron chi connectivity index (χ4n) is 4.82. The van der Waals surface area contributed by atoms with E-state index in [0.717, 1.165) is 37.7 Å². The average molecular weight is 426 g/mol. The van der Waals surface area contributed by atoms with Crippen molar-refractivity contribution in [2.24, 2.45) is 5.92 Å². The smallest absolute Gasteiger partial charge is 0.266 e. The number of ether oxygens (including phenoxy) is 1. The van der Waals surface area contributed by atoms with Crippen molar-refractivity contribution < 1.29 is 14.6 Å². The second kappa shape index (κ2) is 7.07. The molecule has 154 valence electrons. The highest BCUT2D eigenvalue weighted by Crippen LogP contribution is 2.59. The van der Waals surface area contributed by atoms with E-state index < -0.39 is 15.5 Å². The number of carbonyl (C=O) groups excluding carboxylic acids is 1. The van der Waals surface area contributed by atoms with E-state index in [0.29, 0.717) is 25.3 Å². The molecule has 3 fully saturated rings. The van der Waals surface area contributed by atoms with Gasteiger partial charge in [-0.3, -0.25) is 4.79 Å². The Bertz CT molecular complexity index is 749. The van der Waals surface area contributed by atoms with Crippen LogP contribution in [0.2, 0.25) is 0 Å². The molecule has 0 aromatic heterocycles. The number of aliphatic hydroxyl groups is 1. The number of fused-ring (bicyclic) bond motifs is 1. The summed E-state index contributed by atoms with van der Waals surface area (Å²) in [5, 5.41) is 10.9. The van der Waals surface area contributed by atoms with E-state index in [1.165, 1.54) is 0 Å².